The number of benzene rings is 2. The van der Waals surface area contributed by atoms with Crippen LogP contribution in [-0.2, 0) is 21.2 Å². The van der Waals surface area contributed by atoms with Gasteiger partial charge in [-0.15, -0.1) is 0 Å². The van der Waals surface area contributed by atoms with Gasteiger partial charge in [-0.05, 0) is 49.6 Å². The molecule has 0 fully saturated rings. The number of halogens is 1. The van der Waals surface area contributed by atoms with E-state index in [4.69, 9.17) is 11.6 Å². The molecule has 2 aromatic carbocycles. The molecule has 0 spiro atoms. The quantitative estimate of drug-likeness (QED) is 0.679. The number of carbonyl (C=O) groups excluding carboxylic acids is 2. The third-order valence-electron chi connectivity index (χ3n) is 4.90. The van der Waals surface area contributed by atoms with Crippen LogP contribution in [0.3, 0.4) is 0 Å². The number of amides is 2. The standard InChI is InChI=1S/C21H24ClN3O4S/c1-3-11-23-20(26)14(2)24-21(27)16-8-9-17(22)19(13-16)30(28,29)25-12-10-15-6-4-5-7-18(15)25/h4-9,13-14H,3,10-12H2,1-2H3,(H,23,26)(H,24,27)/t14-/m1/s1. The van der Waals surface area contributed by atoms with Gasteiger partial charge in [-0.2, -0.15) is 0 Å². The summed E-state index contributed by atoms with van der Waals surface area (Å²) in [6.45, 7) is 4.32. The van der Waals surface area contributed by atoms with E-state index in [0.29, 0.717) is 25.2 Å². The van der Waals surface area contributed by atoms with Crippen molar-refractivity contribution in [2.24, 2.45) is 0 Å². The number of fused-ring (bicyclic) bond motifs is 1. The first-order valence-corrected chi connectivity index (χ1v) is 11.6. The van der Waals surface area contributed by atoms with E-state index >= 15 is 0 Å². The molecular formula is C21H24ClN3O4S. The molecule has 0 unspecified atom stereocenters. The molecule has 0 radical (unpaired) electrons. The minimum absolute atomic E-state index is 0.0321. The van der Waals surface area contributed by atoms with Crippen molar-refractivity contribution in [2.45, 2.75) is 37.6 Å². The monoisotopic (exact) mass is 449 g/mol. The third-order valence-corrected chi connectivity index (χ3v) is 7.19. The molecule has 9 heteroatoms. The summed E-state index contributed by atoms with van der Waals surface area (Å²) < 4.78 is 27.9. The van der Waals surface area contributed by atoms with Gasteiger partial charge >= 0.3 is 0 Å². The fraction of sp³-hybridized carbons (Fsp3) is 0.333. The maximum Gasteiger partial charge on any atom is 0.265 e. The lowest BCUT2D eigenvalue weighted by Gasteiger charge is -2.21. The molecule has 1 heterocycles. The lowest BCUT2D eigenvalue weighted by atomic mass is 10.2. The van der Waals surface area contributed by atoms with Gasteiger partial charge in [0.25, 0.3) is 15.9 Å². The first kappa shape index (κ1) is 22.1. The van der Waals surface area contributed by atoms with Crippen LogP contribution >= 0.6 is 11.6 Å². The van der Waals surface area contributed by atoms with E-state index in [0.717, 1.165) is 12.0 Å². The molecule has 1 aliphatic heterocycles. The Morgan fingerprint density at radius 1 is 1.20 bits per heavy atom. The second-order valence-electron chi connectivity index (χ2n) is 7.09. The Bertz CT molecular complexity index is 1070. The molecule has 1 atom stereocenters. The van der Waals surface area contributed by atoms with Gasteiger partial charge in [0.15, 0.2) is 0 Å². The fourth-order valence-corrected chi connectivity index (χ4v) is 5.27. The Morgan fingerprint density at radius 3 is 2.67 bits per heavy atom. The third kappa shape index (κ3) is 4.44. The highest BCUT2D eigenvalue weighted by Gasteiger charge is 2.32. The zero-order chi connectivity index (χ0) is 21.9. The van der Waals surface area contributed by atoms with E-state index in [-0.39, 0.29) is 21.4 Å². The number of hydrogen-bond acceptors (Lipinski definition) is 4. The van der Waals surface area contributed by atoms with Crippen molar-refractivity contribution >= 4 is 39.1 Å². The Labute approximate surface area is 181 Å². The van der Waals surface area contributed by atoms with E-state index < -0.39 is 22.0 Å². The number of nitrogens with one attached hydrogen (secondary N) is 2. The normalized spacial score (nSPS) is 14.2. The highest BCUT2D eigenvalue weighted by molar-refractivity contribution is 7.93. The predicted octanol–water partition coefficient (Wildman–Crippen LogP) is 2.74. The van der Waals surface area contributed by atoms with Gasteiger partial charge < -0.3 is 10.6 Å². The molecule has 2 amide bonds. The summed E-state index contributed by atoms with van der Waals surface area (Å²) >= 11 is 6.20. The van der Waals surface area contributed by atoms with Crippen molar-refractivity contribution in [1.82, 2.24) is 10.6 Å². The van der Waals surface area contributed by atoms with Crippen molar-refractivity contribution in [3.05, 3.63) is 58.6 Å². The van der Waals surface area contributed by atoms with Gasteiger partial charge in [-0.25, -0.2) is 8.42 Å². The minimum atomic E-state index is -3.95. The molecule has 30 heavy (non-hydrogen) atoms. The van der Waals surface area contributed by atoms with Crippen LogP contribution in [0.4, 0.5) is 5.69 Å². The van der Waals surface area contributed by atoms with Crippen molar-refractivity contribution in [1.29, 1.82) is 0 Å². The van der Waals surface area contributed by atoms with Crippen LogP contribution in [0.1, 0.15) is 36.2 Å². The van der Waals surface area contributed by atoms with Crippen LogP contribution < -0.4 is 14.9 Å². The molecule has 7 nitrogen and oxygen atoms in total. The zero-order valence-corrected chi connectivity index (χ0v) is 18.4. The summed E-state index contributed by atoms with van der Waals surface area (Å²) in [5.41, 5.74) is 1.67. The summed E-state index contributed by atoms with van der Waals surface area (Å²) in [7, 11) is -3.95. The molecular weight excluding hydrogens is 426 g/mol. The largest absolute Gasteiger partial charge is 0.354 e. The van der Waals surface area contributed by atoms with Crippen LogP contribution in [0, 0.1) is 0 Å². The molecule has 0 aromatic heterocycles. The van der Waals surface area contributed by atoms with E-state index in [1.54, 1.807) is 19.1 Å². The Balaban J connectivity index is 1.85. The van der Waals surface area contributed by atoms with Crippen molar-refractivity contribution in [2.75, 3.05) is 17.4 Å². The zero-order valence-electron chi connectivity index (χ0n) is 16.8. The number of sulfonamides is 1. The summed E-state index contributed by atoms with van der Waals surface area (Å²) in [5, 5.41) is 5.32. The van der Waals surface area contributed by atoms with E-state index in [1.165, 1.54) is 22.5 Å². The van der Waals surface area contributed by atoms with Crippen molar-refractivity contribution in [3.8, 4) is 0 Å². The number of para-hydroxylation sites is 1. The van der Waals surface area contributed by atoms with E-state index in [9.17, 15) is 18.0 Å². The smallest absolute Gasteiger partial charge is 0.265 e. The molecule has 1 aliphatic rings. The summed E-state index contributed by atoms with van der Waals surface area (Å²) in [5.74, 6) is -0.857. The van der Waals surface area contributed by atoms with Gasteiger partial charge in [0.05, 0.1) is 10.7 Å². The highest BCUT2D eigenvalue weighted by atomic mass is 35.5. The topological polar surface area (TPSA) is 95.6 Å². The number of nitrogens with zero attached hydrogens (tertiary/aromatic N) is 1. The lowest BCUT2D eigenvalue weighted by Crippen LogP contribution is -2.45. The molecule has 0 aliphatic carbocycles. The fourth-order valence-electron chi connectivity index (χ4n) is 3.27. The Kier molecular flexibility index (Phi) is 6.67. The molecule has 0 saturated heterocycles. The summed E-state index contributed by atoms with van der Waals surface area (Å²) in [4.78, 5) is 24.4. The van der Waals surface area contributed by atoms with Crippen LogP contribution in [-0.4, -0.2) is 39.4 Å². The summed E-state index contributed by atoms with van der Waals surface area (Å²) in [6, 6.07) is 10.6. The first-order chi connectivity index (χ1) is 14.3. The molecule has 2 N–H and O–H groups in total. The first-order valence-electron chi connectivity index (χ1n) is 9.74. The van der Waals surface area contributed by atoms with E-state index in [2.05, 4.69) is 10.6 Å². The Morgan fingerprint density at radius 2 is 1.93 bits per heavy atom. The van der Waals surface area contributed by atoms with Gasteiger partial charge in [0, 0.05) is 18.7 Å². The number of rotatable bonds is 7. The molecule has 3 rings (SSSR count). The van der Waals surface area contributed by atoms with Crippen molar-refractivity contribution in [3.63, 3.8) is 0 Å². The SMILES string of the molecule is CCCNC(=O)[C@@H](C)NC(=O)c1ccc(Cl)c(S(=O)(=O)N2CCc3ccccc32)c1. The average molecular weight is 450 g/mol. The van der Waals surface area contributed by atoms with Gasteiger partial charge in [0.2, 0.25) is 5.91 Å². The van der Waals surface area contributed by atoms with E-state index in [1.807, 2.05) is 19.1 Å². The van der Waals surface area contributed by atoms with Crippen LogP contribution in [0.5, 0.6) is 0 Å². The van der Waals surface area contributed by atoms with Gasteiger partial charge in [-0.1, -0.05) is 36.7 Å². The molecule has 0 bridgehead atoms. The summed E-state index contributed by atoms with van der Waals surface area (Å²) in [6.07, 6.45) is 1.39. The molecule has 0 saturated carbocycles. The van der Waals surface area contributed by atoms with Crippen LogP contribution in [0.15, 0.2) is 47.4 Å². The highest BCUT2D eigenvalue weighted by Crippen LogP contribution is 2.35. The molecule has 2 aromatic rings. The molecule has 160 valence electrons. The van der Waals surface area contributed by atoms with Gasteiger partial charge in [-0.3, -0.25) is 13.9 Å². The second-order valence-corrected chi connectivity index (χ2v) is 9.33. The van der Waals surface area contributed by atoms with Crippen LogP contribution in [0.25, 0.3) is 0 Å². The lowest BCUT2D eigenvalue weighted by molar-refractivity contribution is -0.122. The maximum absolute atomic E-state index is 13.3. The number of carbonyl (C=O) groups is 2. The van der Waals surface area contributed by atoms with Gasteiger partial charge in [0.1, 0.15) is 10.9 Å². The number of hydrogen-bond donors (Lipinski definition) is 2. The van der Waals surface area contributed by atoms with Crippen molar-refractivity contribution < 1.29 is 18.0 Å². The van der Waals surface area contributed by atoms with Crippen LogP contribution in [0.2, 0.25) is 5.02 Å². The average Bonchev–Trinajstić information content (AvgIpc) is 3.17. The number of anilines is 1. The second kappa shape index (κ2) is 9.06. The predicted molar refractivity (Wildman–Crippen MR) is 116 cm³/mol. The Hall–Kier alpha value is -2.58. The minimum Gasteiger partial charge on any atom is -0.354 e. The maximum atomic E-state index is 13.3.